The summed E-state index contributed by atoms with van der Waals surface area (Å²) in [6.45, 7) is 8.05. The average Bonchev–Trinajstić information content (AvgIpc) is 3.79. The SMILES string of the molecule is CC(C)N1CCN(c2cc3nc(Nc4nccn4C4CCCC4)[nH]c3cc2C(=O)Nc2ccc3cn[nH]c3c2)CC1. The predicted molar refractivity (Wildman–Crippen MR) is 162 cm³/mol. The second kappa shape index (κ2) is 10.5. The van der Waals surface area contributed by atoms with Crippen molar-refractivity contribution in [3.63, 3.8) is 0 Å². The van der Waals surface area contributed by atoms with E-state index in [9.17, 15) is 4.79 Å². The van der Waals surface area contributed by atoms with Crippen molar-refractivity contribution in [3.05, 3.63) is 54.5 Å². The Morgan fingerprint density at radius 1 is 1.05 bits per heavy atom. The summed E-state index contributed by atoms with van der Waals surface area (Å²) in [6.07, 6.45) is 10.5. The molecule has 0 spiro atoms. The Morgan fingerprint density at radius 2 is 1.88 bits per heavy atom. The predicted octanol–water partition coefficient (Wildman–Crippen LogP) is 5.28. The van der Waals surface area contributed by atoms with Crippen molar-refractivity contribution >= 4 is 51.1 Å². The van der Waals surface area contributed by atoms with E-state index >= 15 is 0 Å². The van der Waals surface area contributed by atoms with E-state index in [1.54, 1.807) is 6.20 Å². The van der Waals surface area contributed by atoms with Gasteiger partial charge in [-0.3, -0.25) is 20.1 Å². The molecule has 11 heteroatoms. The standard InChI is InChI=1S/C30H36N10O/c1-19(2)38-11-13-39(14-12-38)27-17-26-25(16-23(27)28(41)33-21-8-7-20-18-32-37-24(20)15-21)34-29(35-26)36-30-31-9-10-40(30)22-5-3-4-6-22/h7-10,15-19,22H,3-6,11-14H2,1-2H3,(H,32,37)(H,33,41)(H2,31,34,35,36). The third-order valence-corrected chi connectivity index (χ3v) is 8.55. The first-order chi connectivity index (χ1) is 20.0. The summed E-state index contributed by atoms with van der Waals surface area (Å²) >= 11 is 0. The maximum atomic E-state index is 13.8. The summed E-state index contributed by atoms with van der Waals surface area (Å²) in [6, 6.07) is 10.7. The van der Waals surface area contributed by atoms with Crippen LogP contribution in [0.2, 0.25) is 0 Å². The van der Waals surface area contributed by atoms with Gasteiger partial charge in [0.25, 0.3) is 5.91 Å². The second-order valence-electron chi connectivity index (χ2n) is 11.4. The molecule has 2 fully saturated rings. The second-order valence-corrected chi connectivity index (χ2v) is 11.4. The molecule has 3 aromatic heterocycles. The lowest BCUT2D eigenvalue weighted by Crippen LogP contribution is -2.49. The lowest BCUT2D eigenvalue weighted by atomic mass is 10.1. The molecule has 0 radical (unpaired) electrons. The van der Waals surface area contributed by atoms with Crippen LogP contribution in [0.25, 0.3) is 21.9 Å². The Morgan fingerprint density at radius 3 is 2.68 bits per heavy atom. The van der Waals surface area contributed by atoms with Gasteiger partial charge in [0.15, 0.2) is 0 Å². The number of nitrogens with zero attached hydrogens (tertiary/aromatic N) is 6. The van der Waals surface area contributed by atoms with Gasteiger partial charge in [-0.1, -0.05) is 12.8 Å². The van der Waals surface area contributed by atoms with Crippen LogP contribution >= 0.6 is 0 Å². The molecule has 4 heterocycles. The summed E-state index contributed by atoms with van der Waals surface area (Å²) in [7, 11) is 0. The van der Waals surface area contributed by atoms with Crippen molar-refractivity contribution in [1.29, 1.82) is 0 Å². The molecule has 41 heavy (non-hydrogen) atoms. The van der Waals surface area contributed by atoms with E-state index in [1.807, 2.05) is 42.7 Å². The van der Waals surface area contributed by atoms with Crippen molar-refractivity contribution in [2.45, 2.75) is 51.6 Å². The van der Waals surface area contributed by atoms with E-state index in [0.29, 0.717) is 29.3 Å². The minimum atomic E-state index is -0.159. The summed E-state index contributed by atoms with van der Waals surface area (Å²) in [4.78, 5) is 31.4. The van der Waals surface area contributed by atoms with Gasteiger partial charge in [0.1, 0.15) is 0 Å². The van der Waals surface area contributed by atoms with Crippen LogP contribution in [-0.2, 0) is 0 Å². The molecule has 1 aliphatic heterocycles. The molecule has 212 valence electrons. The summed E-state index contributed by atoms with van der Waals surface area (Å²) in [5.74, 6) is 1.24. The van der Waals surface area contributed by atoms with Gasteiger partial charge in [-0.25, -0.2) is 9.97 Å². The van der Waals surface area contributed by atoms with E-state index in [4.69, 9.17) is 4.98 Å². The van der Waals surface area contributed by atoms with Crippen molar-refractivity contribution in [2.75, 3.05) is 41.7 Å². The zero-order valence-corrected chi connectivity index (χ0v) is 23.5. The largest absolute Gasteiger partial charge is 0.368 e. The minimum Gasteiger partial charge on any atom is -0.368 e. The zero-order chi connectivity index (χ0) is 27.9. The fourth-order valence-electron chi connectivity index (χ4n) is 6.23. The number of amides is 1. The number of fused-ring (bicyclic) bond motifs is 2. The molecule has 7 rings (SSSR count). The van der Waals surface area contributed by atoms with Crippen LogP contribution < -0.4 is 15.5 Å². The number of benzene rings is 2. The Kier molecular flexibility index (Phi) is 6.58. The maximum absolute atomic E-state index is 13.8. The molecule has 1 aliphatic carbocycles. The molecule has 1 amide bonds. The smallest absolute Gasteiger partial charge is 0.257 e. The summed E-state index contributed by atoms with van der Waals surface area (Å²) in [5, 5.41) is 14.6. The number of aromatic amines is 2. The number of carbonyl (C=O) groups is 1. The normalized spacial score (nSPS) is 16.8. The van der Waals surface area contributed by atoms with Crippen LogP contribution in [-0.4, -0.2) is 72.7 Å². The van der Waals surface area contributed by atoms with E-state index < -0.39 is 0 Å². The number of anilines is 4. The van der Waals surface area contributed by atoms with Crippen molar-refractivity contribution in [3.8, 4) is 0 Å². The average molecular weight is 553 g/mol. The first kappa shape index (κ1) is 25.6. The van der Waals surface area contributed by atoms with Gasteiger partial charge >= 0.3 is 0 Å². The van der Waals surface area contributed by atoms with Crippen LogP contribution in [0.15, 0.2) is 48.9 Å². The van der Waals surface area contributed by atoms with E-state index in [2.05, 4.69) is 59.0 Å². The summed E-state index contributed by atoms with van der Waals surface area (Å²) < 4.78 is 2.22. The molecular weight excluding hydrogens is 516 g/mol. The molecule has 0 atom stereocenters. The molecule has 2 aliphatic rings. The first-order valence-electron chi connectivity index (χ1n) is 14.6. The van der Waals surface area contributed by atoms with Gasteiger partial charge in [0.05, 0.1) is 34.0 Å². The molecule has 1 saturated heterocycles. The lowest BCUT2D eigenvalue weighted by molar-refractivity contribution is 0.102. The number of aromatic nitrogens is 6. The fraction of sp³-hybridized carbons (Fsp3) is 0.400. The van der Waals surface area contributed by atoms with Crippen LogP contribution in [0, 0.1) is 0 Å². The number of nitrogens with one attached hydrogen (secondary N) is 4. The third kappa shape index (κ3) is 5.01. The van der Waals surface area contributed by atoms with Gasteiger partial charge in [-0.2, -0.15) is 5.10 Å². The van der Waals surface area contributed by atoms with E-state index in [1.165, 1.54) is 25.7 Å². The van der Waals surface area contributed by atoms with Gasteiger partial charge < -0.3 is 19.8 Å². The highest BCUT2D eigenvalue weighted by Crippen LogP contribution is 2.33. The van der Waals surface area contributed by atoms with Crippen LogP contribution in [0.5, 0.6) is 0 Å². The van der Waals surface area contributed by atoms with Gasteiger partial charge in [0.2, 0.25) is 11.9 Å². The highest BCUT2D eigenvalue weighted by atomic mass is 16.1. The van der Waals surface area contributed by atoms with E-state index in [0.717, 1.165) is 59.8 Å². The van der Waals surface area contributed by atoms with Gasteiger partial charge in [-0.15, -0.1) is 0 Å². The number of rotatable bonds is 7. The highest BCUT2D eigenvalue weighted by molar-refractivity contribution is 6.11. The lowest BCUT2D eigenvalue weighted by Gasteiger charge is -2.38. The number of carbonyl (C=O) groups excluding carboxylic acids is 1. The number of hydrogen-bond acceptors (Lipinski definition) is 7. The molecule has 0 bridgehead atoms. The molecular formula is C30H36N10O. The quantitative estimate of drug-likeness (QED) is 0.217. The van der Waals surface area contributed by atoms with Gasteiger partial charge in [-0.05, 0) is 57.0 Å². The monoisotopic (exact) mass is 552 g/mol. The summed E-state index contributed by atoms with van der Waals surface area (Å²) in [5.41, 5.74) is 4.71. The van der Waals surface area contributed by atoms with Crippen LogP contribution in [0.4, 0.5) is 23.3 Å². The van der Waals surface area contributed by atoms with E-state index in [-0.39, 0.29) is 5.91 Å². The topological polar surface area (TPSA) is 123 Å². The minimum absolute atomic E-state index is 0.159. The number of piperazine rings is 1. The first-order valence-corrected chi connectivity index (χ1v) is 14.6. The number of hydrogen-bond donors (Lipinski definition) is 4. The molecule has 1 saturated carbocycles. The molecule has 11 nitrogen and oxygen atoms in total. The number of H-pyrrole nitrogens is 2. The Balaban J connectivity index is 1.21. The van der Waals surface area contributed by atoms with Crippen molar-refractivity contribution in [1.82, 2.24) is 34.6 Å². The molecule has 0 unspecified atom stereocenters. The third-order valence-electron chi connectivity index (χ3n) is 8.55. The van der Waals surface area contributed by atoms with Crippen molar-refractivity contribution < 1.29 is 4.79 Å². The molecule has 5 aromatic rings. The van der Waals surface area contributed by atoms with Gasteiger partial charge in [0, 0.05) is 61.7 Å². The van der Waals surface area contributed by atoms with Crippen LogP contribution in [0.1, 0.15) is 55.9 Å². The number of imidazole rings is 2. The van der Waals surface area contributed by atoms with Crippen molar-refractivity contribution in [2.24, 2.45) is 0 Å². The maximum Gasteiger partial charge on any atom is 0.257 e. The van der Waals surface area contributed by atoms with Crippen LogP contribution in [0.3, 0.4) is 0 Å². The Bertz CT molecular complexity index is 1680. The molecule has 4 N–H and O–H groups in total. The highest BCUT2D eigenvalue weighted by Gasteiger charge is 2.25. The molecule has 2 aromatic carbocycles. The zero-order valence-electron chi connectivity index (χ0n) is 23.5. The fourth-order valence-corrected chi connectivity index (χ4v) is 6.23. The Hall–Kier alpha value is -4.38. The Labute approximate surface area is 238 Å².